The highest BCUT2D eigenvalue weighted by molar-refractivity contribution is 5.08. The van der Waals surface area contributed by atoms with Crippen molar-refractivity contribution in [1.82, 2.24) is 19.7 Å². The summed E-state index contributed by atoms with van der Waals surface area (Å²) < 4.78 is 39.8. The number of fused-ring (bicyclic) bond motifs is 1. The van der Waals surface area contributed by atoms with E-state index in [1.807, 2.05) is 0 Å². The molecule has 0 amide bonds. The molecule has 0 bridgehead atoms. The second-order valence-corrected chi connectivity index (χ2v) is 5.95. The topological polar surface area (TPSA) is 60.0 Å². The van der Waals surface area contributed by atoms with Gasteiger partial charge in [-0.25, -0.2) is 0 Å². The minimum atomic E-state index is -4.44. The summed E-state index contributed by atoms with van der Waals surface area (Å²) in [5.41, 5.74) is 5.92. The smallest absolute Gasteiger partial charge is 0.329 e. The maximum absolute atomic E-state index is 12.9. The van der Waals surface area contributed by atoms with Crippen molar-refractivity contribution in [3.8, 4) is 0 Å². The van der Waals surface area contributed by atoms with Crippen LogP contribution < -0.4 is 5.73 Å². The molecular weight excluding hydrogens is 283 g/mol. The van der Waals surface area contributed by atoms with E-state index in [9.17, 15) is 13.2 Å². The minimum Gasteiger partial charge on any atom is -0.329 e. The van der Waals surface area contributed by atoms with Crippen LogP contribution in [-0.4, -0.2) is 38.3 Å². The van der Waals surface area contributed by atoms with Gasteiger partial charge in [-0.3, -0.25) is 4.90 Å². The molecule has 2 aliphatic rings. The molecule has 1 atom stereocenters. The summed E-state index contributed by atoms with van der Waals surface area (Å²) in [5, 5.41) is 7.07. The van der Waals surface area contributed by atoms with Gasteiger partial charge in [0.15, 0.2) is 0 Å². The fourth-order valence-electron chi connectivity index (χ4n) is 3.58. The molecule has 1 fully saturated rings. The summed E-state index contributed by atoms with van der Waals surface area (Å²) in [6.07, 6.45) is -1.22. The van der Waals surface area contributed by atoms with Crippen LogP contribution in [0.2, 0.25) is 0 Å². The van der Waals surface area contributed by atoms with Gasteiger partial charge in [-0.05, 0) is 25.2 Å². The van der Waals surface area contributed by atoms with Crippen LogP contribution in [0.1, 0.15) is 37.8 Å². The van der Waals surface area contributed by atoms with Crippen LogP contribution in [0.25, 0.3) is 0 Å². The number of nitrogens with two attached hydrogens (primary N) is 1. The molecule has 1 unspecified atom stereocenters. The van der Waals surface area contributed by atoms with E-state index in [-0.39, 0.29) is 12.1 Å². The number of rotatable bonds is 4. The quantitative estimate of drug-likeness (QED) is 0.918. The van der Waals surface area contributed by atoms with Crippen LogP contribution in [0.4, 0.5) is 13.2 Å². The standard InChI is InChI=1S/C13H20F3N5/c1-2-12(8-17,9-3-4-9)20-5-6-21-10(7-20)18-19-11(21)13(14,15)16/h9H,2-8,17H2,1H3. The predicted molar refractivity (Wildman–Crippen MR) is 70.2 cm³/mol. The van der Waals surface area contributed by atoms with Gasteiger partial charge >= 0.3 is 6.18 Å². The summed E-state index contributed by atoms with van der Waals surface area (Å²) in [6.45, 7) is 3.87. The number of hydrogen-bond acceptors (Lipinski definition) is 4. The lowest BCUT2D eigenvalue weighted by Crippen LogP contribution is -2.57. The van der Waals surface area contributed by atoms with Gasteiger partial charge in [0, 0.05) is 25.2 Å². The lowest BCUT2D eigenvalue weighted by atomic mass is 9.87. The maximum atomic E-state index is 12.9. The molecule has 2 N–H and O–H groups in total. The van der Waals surface area contributed by atoms with Crippen LogP contribution in [0.5, 0.6) is 0 Å². The van der Waals surface area contributed by atoms with Crippen LogP contribution in [0, 0.1) is 5.92 Å². The van der Waals surface area contributed by atoms with Gasteiger partial charge in [0.25, 0.3) is 0 Å². The molecule has 0 saturated heterocycles. The summed E-state index contributed by atoms with van der Waals surface area (Å²) >= 11 is 0. The van der Waals surface area contributed by atoms with Crippen LogP contribution >= 0.6 is 0 Å². The zero-order valence-corrected chi connectivity index (χ0v) is 12.0. The molecule has 1 aliphatic carbocycles. The van der Waals surface area contributed by atoms with Crippen LogP contribution in [0.15, 0.2) is 0 Å². The molecule has 0 radical (unpaired) electrons. The molecular formula is C13H20F3N5. The van der Waals surface area contributed by atoms with Gasteiger partial charge in [0.2, 0.25) is 5.82 Å². The van der Waals surface area contributed by atoms with E-state index in [4.69, 9.17) is 5.73 Å². The molecule has 0 spiro atoms. The highest BCUT2D eigenvalue weighted by Crippen LogP contribution is 2.45. The Balaban J connectivity index is 1.86. The Morgan fingerprint density at radius 3 is 2.48 bits per heavy atom. The van der Waals surface area contributed by atoms with E-state index in [1.54, 1.807) is 0 Å². The second kappa shape index (κ2) is 4.95. The molecule has 1 aromatic rings. The predicted octanol–water partition coefficient (Wildman–Crippen LogP) is 1.63. The molecule has 8 heteroatoms. The number of hydrogen-bond donors (Lipinski definition) is 1. The molecule has 1 aromatic heterocycles. The van der Waals surface area contributed by atoms with E-state index in [2.05, 4.69) is 22.0 Å². The van der Waals surface area contributed by atoms with Crippen molar-refractivity contribution in [2.24, 2.45) is 11.7 Å². The van der Waals surface area contributed by atoms with Gasteiger partial charge < -0.3 is 10.3 Å². The maximum Gasteiger partial charge on any atom is 0.451 e. The van der Waals surface area contributed by atoms with Crippen molar-refractivity contribution in [3.63, 3.8) is 0 Å². The molecule has 0 aromatic carbocycles. The molecule has 2 heterocycles. The molecule has 1 saturated carbocycles. The molecule has 3 rings (SSSR count). The highest BCUT2D eigenvalue weighted by Gasteiger charge is 2.49. The molecule has 21 heavy (non-hydrogen) atoms. The Hall–Kier alpha value is -1.15. The van der Waals surface area contributed by atoms with E-state index in [0.29, 0.717) is 31.4 Å². The average Bonchev–Trinajstić information content (AvgIpc) is 3.19. The first-order valence-corrected chi connectivity index (χ1v) is 7.36. The summed E-state index contributed by atoms with van der Waals surface area (Å²) in [7, 11) is 0. The summed E-state index contributed by atoms with van der Waals surface area (Å²) in [5.74, 6) is 0.0583. The SMILES string of the molecule is CCC(CN)(C1CC1)N1CCn2c(nnc2C(F)(F)F)C1. The first-order chi connectivity index (χ1) is 9.92. The molecule has 118 valence electrons. The third kappa shape index (κ3) is 2.34. The largest absolute Gasteiger partial charge is 0.451 e. The van der Waals surface area contributed by atoms with Crippen molar-refractivity contribution in [2.45, 2.75) is 51.0 Å². The Bertz CT molecular complexity index is 516. The Morgan fingerprint density at radius 1 is 1.24 bits per heavy atom. The fourth-order valence-corrected chi connectivity index (χ4v) is 3.58. The summed E-state index contributed by atoms with van der Waals surface area (Å²) in [6, 6.07) is 0. The average molecular weight is 303 g/mol. The zero-order valence-electron chi connectivity index (χ0n) is 12.0. The van der Waals surface area contributed by atoms with E-state index >= 15 is 0 Å². The minimum absolute atomic E-state index is 0.102. The van der Waals surface area contributed by atoms with E-state index in [0.717, 1.165) is 19.3 Å². The zero-order chi connectivity index (χ0) is 15.3. The normalized spacial score (nSPS) is 22.9. The lowest BCUT2D eigenvalue weighted by molar-refractivity contribution is -0.148. The number of alkyl halides is 3. The van der Waals surface area contributed by atoms with Crippen molar-refractivity contribution in [2.75, 3.05) is 13.1 Å². The van der Waals surface area contributed by atoms with Gasteiger partial charge in [0.1, 0.15) is 5.82 Å². The van der Waals surface area contributed by atoms with E-state index in [1.165, 1.54) is 4.57 Å². The Morgan fingerprint density at radius 2 is 1.95 bits per heavy atom. The van der Waals surface area contributed by atoms with Gasteiger partial charge in [-0.15, -0.1) is 10.2 Å². The highest BCUT2D eigenvalue weighted by atomic mass is 19.4. The Kier molecular flexibility index (Phi) is 3.48. The third-order valence-corrected chi connectivity index (χ3v) is 4.94. The van der Waals surface area contributed by atoms with Gasteiger partial charge in [0.05, 0.1) is 6.54 Å². The van der Waals surface area contributed by atoms with Crippen molar-refractivity contribution < 1.29 is 13.2 Å². The van der Waals surface area contributed by atoms with Crippen molar-refractivity contribution in [1.29, 1.82) is 0 Å². The van der Waals surface area contributed by atoms with Crippen LogP contribution in [-0.2, 0) is 19.3 Å². The number of halogens is 3. The van der Waals surface area contributed by atoms with Crippen LogP contribution in [0.3, 0.4) is 0 Å². The van der Waals surface area contributed by atoms with Crippen molar-refractivity contribution in [3.05, 3.63) is 11.6 Å². The Labute approximate surface area is 121 Å². The second-order valence-electron chi connectivity index (χ2n) is 5.95. The monoisotopic (exact) mass is 303 g/mol. The lowest BCUT2D eigenvalue weighted by Gasteiger charge is -2.45. The first kappa shape index (κ1) is 14.8. The van der Waals surface area contributed by atoms with Gasteiger partial charge in [-0.2, -0.15) is 13.2 Å². The fraction of sp³-hybridized carbons (Fsp3) is 0.846. The van der Waals surface area contributed by atoms with E-state index < -0.39 is 12.0 Å². The number of nitrogens with zero attached hydrogens (tertiary/aromatic N) is 4. The van der Waals surface area contributed by atoms with Gasteiger partial charge in [-0.1, -0.05) is 6.92 Å². The molecule has 1 aliphatic heterocycles. The summed E-state index contributed by atoms with van der Waals surface area (Å²) in [4.78, 5) is 2.22. The first-order valence-electron chi connectivity index (χ1n) is 7.36. The number of aromatic nitrogens is 3. The van der Waals surface area contributed by atoms with Crippen molar-refractivity contribution >= 4 is 0 Å². The molecule has 5 nitrogen and oxygen atoms in total. The third-order valence-electron chi connectivity index (χ3n) is 4.94.